The third kappa shape index (κ3) is 4.92. The van der Waals surface area contributed by atoms with Gasteiger partial charge < -0.3 is 9.84 Å². The molecule has 0 aliphatic heterocycles. The maximum Gasteiger partial charge on any atom is 0.226 e. The zero-order chi connectivity index (χ0) is 18.6. The van der Waals surface area contributed by atoms with Gasteiger partial charge in [0.2, 0.25) is 11.8 Å². The Labute approximate surface area is 148 Å². The quantitative estimate of drug-likeness (QED) is 0.899. The van der Waals surface area contributed by atoms with Crippen molar-refractivity contribution in [2.45, 2.75) is 46.5 Å². The van der Waals surface area contributed by atoms with Crippen LogP contribution in [0.4, 0.5) is 11.5 Å². The Morgan fingerprint density at radius 2 is 1.92 bits per heavy atom. The van der Waals surface area contributed by atoms with E-state index in [0.717, 1.165) is 11.3 Å². The molecule has 25 heavy (non-hydrogen) atoms. The molecule has 2 aromatic rings. The van der Waals surface area contributed by atoms with Crippen molar-refractivity contribution < 1.29 is 14.1 Å². The van der Waals surface area contributed by atoms with Crippen molar-refractivity contribution in [1.82, 2.24) is 5.16 Å². The number of aryl methyl sites for hydroxylation is 1. The Hall–Kier alpha value is -2.63. The van der Waals surface area contributed by atoms with Crippen LogP contribution in [-0.2, 0) is 15.0 Å². The molecule has 0 atom stereocenters. The Kier molecular flexibility index (Phi) is 5.62. The van der Waals surface area contributed by atoms with Crippen LogP contribution < -0.4 is 10.2 Å². The molecule has 2 amide bonds. The monoisotopic (exact) mass is 343 g/mol. The number of para-hydroxylation sites is 1. The molecule has 6 heteroatoms. The topological polar surface area (TPSA) is 75.4 Å². The lowest BCUT2D eigenvalue weighted by molar-refractivity contribution is -0.117. The van der Waals surface area contributed by atoms with Gasteiger partial charge in [0.05, 0.1) is 0 Å². The van der Waals surface area contributed by atoms with Crippen molar-refractivity contribution >= 4 is 23.3 Å². The molecule has 1 heterocycles. The summed E-state index contributed by atoms with van der Waals surface area (Å²) in [6.07, 6.45) is 0.171. The highest BCUT2D eigenvalue weighted by molar-refractivity contribution is 5.94. The lowest BCUT2D eigenvalue weighted by Gasteiger charge is -2.23. The van der Waals surface area contributed by atoms with E-state index in [4.69, 9.17) is 4.52 Å². The van der Waals surface area contributed by atoms with Crippen LogP contribution in [0.3, 0.4) is 0 Å². The van der Waals surface area contributed by atoms with Crippen LogP contribution >= 0.6 is 0 Å². The fourth-order valence-corrected chi connectivity index (χ4v) is 2.59. The molecule has 1 aromatic heterocycles. The van der Waals surface area contributed by atoms with Crippen molar-refractivity contribution in [3.63, 3.8) is 0 Å². The van der Waals surface area contributed by atoms with Gasteiger partial charge in [-0.15, -0.1) is 0 Å². The Morgan fingerprint density at radius 1 is 1.24 bits per heavy atom. The number of rotatable bonds is 5. The number of carbonyl (C=O) groups is 2. The van der Waals surface area contributed by atoms with Gasteiger partial charge >= 0.3 is 0 Å². The van der Waals surface area contributed by atoms with E-state index in [2.05, 4.69) is 31.2 Å². The number of amides is 2. The summed E-state index contributed by atoms with van der Waals surface area (Å²) >= 11 is 0. The van der Waals surface area contributed by atoms with Crippen molar-refractivity contribution in [2.24, 2.45) is 0 Å². The predicted octanol–water partition coefficient (Wildman–Crippen LogP) is 3.66. The molecular formula is C19H25N3O3. The minimum absolute atomic E-state index is 0.0759. The van der Waals surface area contributed by atoms with Gasteiger partial charge in [0.25, 0.3) is 0 Å². The van der Waals surface area contributed by atoms with Gasteiger partial charge in [-0.1, -0.05) is 44.1 Å². The second-order valence-electron chi connectivity index (χ2n) is 7.06. The lowest BCUT2D eigenvalue weighted by atomic mass is 9.86. The number of benzene rings is 1. The molecule has 0 aliphatic carbocycles. The third-order valence-corrected chi connectivity index (χ3v) is 3.84. The summed E-state index contributed by atoms with van der Waals surface area (Å²) in [6, 6.07) is 9.43. The highest BCUT2D eigenvalue weighted by Crippen LogP contribution is 2.29. The van der Waals surface area contributed by atoms with Crippen LogP contribution in [-0.4, -0.2) is 23.5 Å². The highest BCUT2D eigenvalue weighted by Gasteiger charge is 2.20. The van der Waals surface area contributed by atoms with E-state index < -0.39 is 0 Å². The largest absolute Gasteiger partial charge is 0.360 e. The van der Waals surface area contributed by atoms with Crippen LogP contribution in [0.25, 0.3) is 0 Å². The first-order valence-electron chi connectivity index (χ1n) is 8.29. The fourth-order valence-electron chi connectivity index (χ4n) is 2.59. The van der Waals surface area contributed by atoms with Crippen molar-refractivity contribution in [1.29, 1.82) is 0 Å². The maximum atomic E-state index is 12.4. The number of carbonyl (C=O) groups excluding carboxylic acids is 2. The van der Waals surface area contributed by atoms with Crippen LogP contribution in [0.2, 0.25) is 0 Å². The third-order valence-electron chi connectivity index (χ3n) is 3.84. The first-order valence-corrected chi connectivity index (χ1v) is 8.29. The van der Waals surface area contributed by atoms with Crippen LogP contribution in [0.5, 0.6) is 0 Å². The molecule has 0 radical (unpaired) electrons. The predicted molar refractivity (Wildman–Crippen MR) is 97.7 cm³/mol. The second kappa shape index (κ2) is 7.51. The molecule has 0 unspecified atom stereocenters. The minimum atomic E-state index is -0.184. The maximum absolute atomic E-state index is 12.4. The van der Waals surface area contributed by atoms with Crippen LogP contribution in [0.15, 0.2) is 34.9 Å². The second-order valence-corrected chi connectivity index (χ2v) is 7.06. The summed E-state index contributed by atoms with van der Waals surface area (Å²) in [7, 11) is 0. The van der Waals surface area contributed by atoms with Crippen molar-refractivity contribution in [3.05, 3.63) is 41.7 Å². The summed E-state index contributed by atoms with van der Waals surface area (Å²) in [5.74, 6) is 0.706. The summed E-state index contributed by atoms with van der Waals surface area (Å²) < 4.78 is 5.01. The smallest absolute Gasteiger partial charge is 0.226 e. The fraction of sp³-hybridized carbons (Fsp3) is 0.421. The van der Waals surface area contributed by atoms with Crippen LogP contribution in [0.1, 0.15) is 45.4 Å². The Balaban J connectivity index is 2.04. The number of nitrogens with zero attached hydrogens (tertiary/aromatic N) is 2. The van der Waals surface area contributed by atoms with E-state index in [1.807, 2.05) is 24.3 Å². The number of hydrogen-bond donors (Lipinski definition) is 1. The average Bonchev–Trinajstić information content (AvgIpc) is 2.93. The molecule has 2 rings (SSSR count). The van der Waals surface area contributed by atoms with E-state index in [-0.39, 0.29) is 30.2 Å². The summed E-state index contributed by atoms with van der Waals surface area (Å²) in [5, 5.41) is 6.79. The minimum Gasteiger partial charge on any atom is -0.360 e. The van der Waals surface area contributed by atoms with Gasteiger partial charge in [-0.25, -0.2) is 0 Å². The number of anilines is 2. The number of hydrogen-bond acceptors (Lipinski definition) is 4. The summed E-state index contributed by atoms with van der Waals surface area (Å²) in [6.45, 7) is 9.74. The summed E-state index contributed by atoms with van der Waals surface area (Å²) in [4.78, 5) is 25.6. The standard InChI is InChI=1S/C19H25N3O3/c1-13-12-17(21-25-13)22(14(2)23)11-10-18(24)20-16-9-7-6-8-15(16)19(3,4)5/h6-9,12H,10-11H2,1-5H3,(H,20,24). The Bertz CT molecular complexity index is 759. The molecule has 0 spiro atoms. The van der Waals surface area contributed by atoms with Gasteiger partial charge in [0.1, 0.15) is 5.76 Å². The van der Waals surface area contributed by atoms with E-state index >= 15 is 0 Å². The van der Waals surface area contributed by atoms with E-state index in [0.29, 0.717) is 11.6 Å². The van der Waals surface area contributed by atoms with Crippen molar-refractivity contribution in [3.8, 4) is 0 Å². The molecule has 0 bridgehead atoms. The lowest BCUT2D eigenvalue weighted by Crippen LogP contribution is -2.32. The van der Waals surface area contributed by atoms with Gasteiger partial charge in [0, 0.05) is 31.6 Å². The summed E-state index contributed by atoms with van der Waals surface area (Å²) in [5.41, 5.74) is 1.79. The zero-order valence-electron chi connectivity index (χ0n) is 15.4. The molecule has 0 fully saturated rings. The van der Waals surface area contributed by atoms with E-state index in [9.17, 15) is 9.59 Å². The molecule has 6 nitrogen and oxygen atoms in total. The average molecular weight is 343 g/mol. The molecule has 0 saturated heterocycles. The van der Waals surface area contributed by atoms with Gasteiger partial charge in [-0.3, -0.25) is 14.5 Å². The molecule has 1 aromatic carbocycles. The molecule has 134 valence electrons. The first-order chi connectivity index (χ1) is 11.7. The number of nitrogens with one attached hydrogen (secondary N) is 1. The van der Waals surface area contributed by atoms with E-state index in [1.165, 1.54) is 11.8 Å². The molecular weight excluding hydrogens is 318 g/mol. The SMILES string of the molecule is CC(=O)N(CCC(=O)Nc1ccccc1C(C)(C)C)c1cc(C)on1. The van der Waals surface area contributed by atoms with Gasteiger partial charge in [-0.05, 0) is 24.0 Å². The Morgan fingerprint density at radius 3 is 2.48 bits per heavy atom. The van der Waals surface area contributed by atoms with Gasteiger partial charge in [0.15, 0.2) is 5.82 Å². The number of aromatic nitrogens is 1. The first kappa shape index (κ1) is 18.7. The van der Waals surface area contributed by atoms with Crippen molar-refractivity contribution in [2.75, 3.05) is 16.8 Å². The molecule has 0 saturated carbocycles. The molecule has 0 aliphatic rings. The van der Waals surface area contributed by atoms with Gasteiger partial charge in [-0.2, -0.15) is 0 Å². The highest BCUT2D eigenvalue weighted by atomic mass is 16.5. The van der Waals surface area contributed by atoms with E-state index in [1.54, 1.807) is 13.0 Å². The molecule has 1 N–H and O–H groups in total. The van der Waals surface area contributed by atoms with Crippen LogP contribution in [0, 0.1) is 6.92 Å². The zero-order valence-corrected chi connectivity index (χ0v) is 15.4. The normalized spacial score (nSPS) is 11.2.